The van der Waals surface area contributed by atoms with Crippen LogP contribution in [0.15, 0.2) is 18.2 Å². The molecular weight excluding hydrogens is 479 g/mol. The number of rotatable bonds is 8. The molecule has 1 unspecified atom stereocenters. The molecule has 2 heterocycles. The van der Waals surface area contributed by atoms with E-state index in [0.29, 0.717) is 11.5 Å². The summed E-state index contributed by atoms with van der Waals surface area (Å²) in [5.74, 6) is -0.234. The zero-order valence-corrected chi connectivity index (χ0v) is 20.9. The molecule has 8 nitrogen and oxygen atoms in total. The molecule has 3 aromatic rings. The molecule has 31 heavy (non-hydrogen) atoms. The molecule has 0 spiro atoms. The second-order valence-electron chi connectivity index (χ2n) is 8.09. The number of anilines is 2. The van der Waals surface area contributed by atoms with E-state index in [2.05, 4.69) is 33.0 Å². The number of carbonyl (C=O) groups is 1. The number of benzene rings is 1. The number of nitrogens with two attached hydrogens (primary N) is 1. The summed E-state index contributed by atoms with van der Waals surface area (Å²) in [6.45, 7) is 10.3. The molecule has 0 bridgehead atoms. The van der Waals surface area contributed by atoms with Gasteiger partial charge in [0, 0.05) is 0 Å². The fourth-order valence-electron chi connectivity index (χ4n) is 3.10. The fourth-order valence-corrected chi connectivity index (χ4v) is 5.03. The van der Waals surface area contributed by atoms with Crippen molar-refractivity contribution in [2.75, 3.05) is 5.32 Å². The Labute approximate surface area is 193 Å². The standard InChI is InChI=1S/C21H27AsClN6O2/c1-10(2)16-17-18(29(28-16)11(3)4)19(27-21(26-17)22-9-12(5)24)25-13-6-7-14(20(30)31)15(23)8-13/h6-8,10-12H,9,24H2,1-5H3,(H,30,31)(H,25,26,27). The van der Waals surface area contributed by atoms with Gasteiger partial charge in [-0.3, -0.25) is 0 Å². The Morgan fingerprint density at radius 3 is 2.52 bits per heavy atom. The Kier molecular flexibility index (Phi) is 7.24. The number of hydrogen-bond donors (Lipinski definition) is 3. The summed E-state index contributed by atoms with van der Waals surface area (Å²) >= 11 is 5.87. The van der Waals surface area contributed by atoms with Crippen molar-refractivity contribution < 1.29 is 9.90 Å². The first-order chi connectivity index (χ1) is 14.6. The topological polar surface area (TPSA) is 119 Å². The van der Waals surface area contributed by atoms with Crippen molar-refractivity contribution >= 4 is 60.5 Å². The molecule has 3 rings (SSSR count). The zero-order chi connectivity index (χ0) is 22.9. The van der Waals surface area contributed by atoms with Crippen LogP contribution in [-0.4, -0.2) is 52.6 Å². The number of halogens is 1. The minimum atomic E-state index is -1.07. The number of hydrogen-bond acceptors (Lipinski definition) is 6. The van der Waals surface area contributed by atoms with Crippen LogP contribution in [0, 0.1) is 0 Å². The average molecular weight is 506 g/mol. The molecule has 10 heteroatoms. The third-order valence-electron chi connectivity index (χ3n) is 4.58. The van der Waals surface area contributed by atoms with Gasteiger partial charge in [-0.25, -0.2) is 0 Å². The first-order valence-corrected chi connectivity index (χ1v) is 12.8. The Morgan fingerprint density at radius 1 is 1.26 bits per heavy atom. The van der Waals surface area contributed by atoms with Crippen LogP contribution in [0.4, 0.5) is 11.5 Å². The summed E-state index contributed by atoms with van der Waals surface area (Å²) in [6.07, 6.45) is 0. The number of aromatic carboxylic acids is 1. The van der Waals surface area contributed by atoms with Gasteiger partial charge in [0.2, 0.25) is 0 Å². The van der Waals surface area contributed by atoms with Gasteiger partial charge < -0.3 is 0 Å². The van der Waals surface area contributed by atoms with Crippen molar-refractivity contribution in [3.63, 3.8) is 0 Å². The van der Waals surface area contributed by atoms with Crippen molar-refractivity contribution in [2.24, 2.45) is 5.73 Å². The number of nitrogens with one attached hydrogen (secondary N) is 1. The summed E-state index contributed by atoms with van der Waals surface area (Å²) in [7, 11) is 0. The van der Waals surface area contributed by atoms with Gasteiger partial charge in [0.25, 0.3) is 0 Å². The molecule has 0 aliphatic rings. The van der Waals surface area contributed by atoms with Gasteiger partial charge in [-0.05, 0) is 0 Å². The van der Waals surface area contributed by atoms with Crippen LogP contribution in [0.3, 0.4) is 0 Å². The summed E-state index contributed by atoms with van der Waals surface area (Å²) < 4.78 is 2.72. The van der Waals surface area contributed by atoms with Gasteiger partial charge >= 0.3 is 193 Å². The van der Waals surface area contributed by atoms with Crippen LogP contribution in [-0.2, 0) is 0 Å². The number of carboxylic acids is 1. The SMILES string of the molecule is CC(N)C[As]c1nc(Nc2ccc(C(=O)O)c(Cl)c2)c2c(n1)c(C(C)C)nn2C(C)C. The van der Waals surface area contributed by atoms with E-state index in [1.807, 2.05) is 11.6 Å². The zero-order valence-electron chi connectivity index (χ0n) is 18.2. The normalized spacial score (nSPS) is 13.1. The van der Waals surface area contributed by atoms with Crippen molar-refractivity contribution in [1.29, 1.82) is 0 Å². The van der Waals surface area contributed by atoms with Crippen molar-refractivity contribution in [1.82, 2.24) is 19.7 Å². The predicted octanol–water partition coefficient (Wildman–Crippen LogP) is 3.72. The summed E-state index contributed by atoms with van der Waals surface area (Å²) in [5, 5.41) is 18.4. The number of aromatic nitrogens is 4. The van der Waals surface area contributed by atoms with Crippen LogP contribution in [0.25, 0.3) is 11.0 Å². The molecule has 0 aliphatic carbocycles. The monoisotopic (exact) mass is 505 g/mol. The quantitative estimate of drug-likeness (QED) is 0.399. The predicted molar refractivity (Wildman–Crippen MR) is 125 cm³/mol. The van der Waals surface area contributed by atoms with E-state index in [4.69, 9.17) is 32.4 Å². The van der Waals surface area contributed by atoms with Crippen LogP contribution in [0.2, 0.25) is 10.2 Å². The van der Waals surface area contributed by atoms with Crippen LogP contribution in [0.5, 0.6) is 0 Å². The Morgan fingerprint density at radius 2 is 1.97 bits per heavy atom. The van der Waals surface area contributed by atoms with E-state index in [-0.39, 0.29) is 44.3 Å². The van der Waals surface area contributed by atoms with Crippen molar-refractivity contribution in [3.8, 4) is 0 Å². The Bertz CT molecular complexity index is 1110. The molecule has 1 aromatic carbocycles. The maximum absolute atomic E-state index is 11.3. The first-order valence-electron chi connectivity index (χ1n) is 10.1. The summed E-state index contributed by atoms with van der Waals surface area (Å²) in [5.41, 5.74) is 9.25. The van der Waals surface area contributed by atoms with Gasteiger partial charge in [0.15, 0.2) is 0 Å². The molecule has 0 aliphatic heterocycles. The second kappa shape index (κ2) is 9.55. The Balaban J connectivity index is 2.17. The number of nitrogens with zero attached hydrogens (tertiary/aromatic N) is 4. The van der Waals surface area contributed by atoms with Gasteiger partial charge in [0.1, 0.15) is 0 Å². The second-order valence-corrected chi connectivity index (χ2v) is 10.8. The third-order valence-corrected chi connectivity index (χ3v) is 7.50. The molecular formula is C21H27AsClN6O2. The van der Waals surface area contributed by atoms with E-state index in [1.165, 1.54) is 6.07 Å². The molecule has 0 fully saturated rings. The Hall–Kier alpha value is -2.15. The van der Waals surface area contributed by atoms with Crippen LogP contribution < -0.4 is 15.7 Å². The minimum absolute atomic E-state index is 0.0528. The van der Waals surface area contributed by atoms with Crippen molar-refractivity contribution in [3.05, 3.63) is 34.5 Å². The number of carboxylic acid groups (broad SMARTS) is 1. The first kappa shape index (κ1) is 23.5. The van der Waals surface area contributed by atoms with Gasteiger partial charge in [-0.15, -0.1) is 0 Å². The summed E-state index contributed by atoms with van der Waals surface area (Å²) in [4.78, 5) is 21.0. The van der Waals surface area contributed by atoms with E-state index in [0.717, 1.165) is 26.5 Å². The third kappa shape index (κ3) is 5.19. The van der Waals surface area contributed by atoms with Crippen LogP contribution >= 0.6 is 11.6 Å². The molecule has 1 radical (unpaired) electrons. The average Bonchev–Trinajstić information content (AvgIpc) is 3.06. The molecule has 1 atom stereocenters. The van der Waals surface area contributed by atoms with Crippen LogP contribution in [0.1, 0.15) is 62.6 Å². The fraction of sp³-hybridized carbons (Fsp3) is 0.429. The molecule has 0 saturated heterocycles. The van der Waals surface area contributed by atoms with Gasteiger partial charge in [-0.2, -0.15) is 0 Å². The van der Waals surface area contributed by atoms with Gasteiger partial charge in [0.05, 0.1) is 0 Å². The molecule has 2 aromatic heterocycles. The summed E-state index contributed by atoms with van der Waals surface area (Å²) in [6, 6.07) is 4.95. The maximum atomic E-state index is 11.3. The van der Waals surface area contributed by atoms with Crippen molar-refractivity contribution in [2.45, 2.75) is 57.8 Å². The van der Waals surface area contributed by atoms with E-state index < -0.39 is 5.97 Å². The van der Waals surface area contributed by atoms with E-state index in [9.17, 15) is 9.90 Å². The van der Waals surface area contributed by atoms with E-state index >= 15 is 0 Å². The molecule has 0 saturated carbocycles. The molecule has 4 N–H and O–H groups in total. The molecule has 0 amide bonds. The van der Waals surface area contributed by atoms with Gasteiger partial charge in [-0.1, -0.05) is 0 Å². The molecule has 165 valence electrons. The van der Waals surface area contributed by atoms with E-state index in [1.54, 1.807) is 12.1 Å². The number of fused-ring (bicyclic) bond motifs is 1.